The summed E-state index contributed by atoms with van der Waals surface area (Å²) in [7, 11) is 0. The first-order chi connectivity index (χ1) is 12.6. The Kier molecular flexibility index (Phi) is 19.0. The average Bonchev–Trinajstić information content (AvgIpc) is 2.65. The second kappa shape index (κ2) is 19.3. The maximum atomic E-state index is 4.03. The third-order valence-electron chi connectivity index (χ3n) is 5.96. The van der Waals surface area contributed by atoms with E-state index in [4.69, 9.17) is 0 Å². The fraction of sp³-hybridized carbons (Fsp3) is 0.846. The second-order valence-electron chi connectivity index (χ2n) is 8.60. The van der Waals surface area contributed by atoms with E-state index in [0.29, 0.717) is 0 Å². The molecule has 3 atom stereocenters. The summed E-state index contributed by atoms with van der Waals surface area (Å²) in [5, 5.41) is 0. The van der Waals surface area contributed by atoms with Crippen LogP contribution in [-0.4, -0.2) is 0 Å². The molecule has 0 amide bonds. The molecular weight excluding hydrogens is 312 g/mol. The van der Waals surface area contributed by atoms with Crippen LogP contribution in [0.1, 0.15) is 124 Å². The minimum Gasteiger partial charge on any atom is -0.103 e. The summed E-state index contributed by atoms with van der Waals surface area (Å²) in [6.45, 7) is 15.1. The molecule has 0 aliphatic rings. The van der Waals surface area contributed by atoms with Crippen LogP contribution in [0.5, 0.6) is 0 Å². The molecule has 152 valence electrons. The van der Waals surface area contributed by atoms with Gasteiger partial charge < -0.3 is 0 Å². The molecule has 26 heavy (non-hydrogen) atoms. The van der Waals surface area contributed by atoms with Gasteiger partial charge in [-0.25, -0.2) is 0 Å². The summed E-state index contributed by atoms with van der Waals surface area (Å²) in [4.78, 5) is 0. The topological polar surface area (TPSA) is 0 Å². The Hall–Kier alpha value is -0.440. The van der Waals surface area contributed by atoms with Gasteiger partial charge in [-0.1, -0.05) is 112 Å². The highest BCUT2D eigenvalue weighted by Crippen LogP contribution is 2.22. The van der Waals surface area contributed by atoms with E-state index in [9.17, 15) is 0 Å². The molecule has 0 aliphatic carbocycles. The Bertz CT molecular complexity index is 332. The van der Waals surface area contributed by atoms with Crippen LogP contribution in [0, 0.1) is 43.4 Å². The van der Waals surface area contributed by atoms with Gasteiger partial charge in [-0.15, -0.1) is 11.8 Å². The summed E-state index contributed by atoms with van der Waals surface area (Å²) in [5.41, 5.74) is 0. The van der Waals surface area contributed by atoms with E-state index in [0.717, 1.165) is 43.4 Å². The van der Waals surface area contributed by atoms with E-state index in [2.05, 4.69) is 46.5 Å². The quantitative estimate of drug-likeness (QED) is 0.179. The number of hydrogen-bond donors (Lipinski definition) is 0. The molecule has 0 heterocycles. The maximum Gasteiger partial charge on any atom is 0.00886 e. The molecule has 0 fully saturated rings. The third kappa shape index (κ3) is 17.0. The fourth-order valence-corrected chi connectivity index (χ4v) is 3.48. The molecule has 0 N–H and O–H groups in total. The zero-order valence-corrected chi connectivity index (χ0v) is 18.5. The van der Waals surface area contributed by atoms with Gasteiger partial charge in [0.25, 0.3) is 0 Å². The summed E-state index contributed by atoms with van der Waals surface area (Å²) >= 11 is 0. The molecule has 0 saturated carbocycles. The van der Waals surface area contributed by atoms with Gasteiger partial charge in [0.2, 0.25) is 0 Å². The van der Waals surface area contributed by atoms with Crippen LogP contribution in [0.4, 0.5) is 0 Å². The van der Waals surface area contributed by atoms with Crippen LogP contribution in [-0.2, 0) is 0 Å². The lowest BCUT2D eigenvalue weighted by Gasteiger charge is -2.17. The third-order valence-corrected chi connectivity index (χ3v) is 5.96. The van der Waals surface area contributed by atoms with Crippen molar-refractivity contribution in [3.05, 3.63) is 13.8 Å². The molecular formula is C26H48. The molecule has 2 radical (unpaired) electrons. The summed E-state index contributed by atoms with van der Waals surface area (Å²) < 4.78 is 0. The predicted molar refractivity (Wildman–Crippen MR) is 120 cm³/mol. The monoisotopic (exact) mass is 360 g/mol. The molecule has 0 bridgehead atoms. The van der Waals surface area contributed by atoms with Crippen LogP contribution in [0.15, 0.2) is 0 Å². The first-order valence-corrected chi connectivity index (χ1v) is 11.7. The van der Waals surface area contributed by atoms with Gasteiger partial charge in [0, 0.05) is 12.8 Å². The maximum absolute atomic E-state index is 4.03. The van der Waals surface area contributed by atoms with Crippen molar-refractivity contribution < 1.29 is 0 Å². The van der Waals surface area contributed by atoms with Gasteiger partial charge >= 0.3 is 0 Å². The minimum absolute atomic E-state index is 0.790. The van der Waals surface area contributed by atoms with E-state index in [-0.39, 0.29) is 0 Å². The van der Waals surface area contributed by atoms with Gasteiger partial charge in [-0.3, -0.25) is 0 Å². The van der Waals surface area contributed by atoms with Crippen LogP contribution in [0.25, 0.3) is 0 Å². The van der Waals surface area contributed by atoms with E-state index in [1.807, 2.05) is 0 Å². The molecule has 0 rings (SSSR count). The predicted octanol–water partition coefficient (Wildman–Crippen LogP) is 8.81. The van der Waals surface area contributed by atoms with E-state index >= 15 is 0 Å². The van der Waals surface area contributed by atoms with Gasteiger partial charge in [0.1, 0.15) is 0 Å². The standard InChI is InChI=1S/C26H48/c1-6-8-9-10-11-12-13-14-15-18-21-24(3)22-19-16-17-20-23-26(5)25(4)7-2/h24-26H,1-2,6-11,14-23H2,3-5H3. The largest absolute Gasteiger partial charge is 0.103 e. The highest BCUT2D eigenvalue weighted by atomic mass is 14.1. The van der Waals surface area contributed by atoms with Crippen LogP contribution >= 0.6 is 0 Å². The normalized spacial score (nSPS) is 14.5. The molecule has 0 heteroatoms. The van der Waals surface area contributed by atoms with Crippen molar-refractivity contribution in [3.63, 3.8) is 0 Å². The van der Waals surface area contributed by atoms with Gasteiger partial charge in [-0.05, 0) is 30.6 Å². The average molecular weight is 361 g/mol. The molecule has 0 aliphatic heterocycles. The number of hydrogen-bond acceptors (Lipinski definition) is 0. The Morgan fingerprint density at radius 1 is 0.577 bits per heavy atom. The zero-order chi connectivity index (χ0) is 19.5. The van der Waals surface area contributed by atoms with Gasteiger partial charge in [0.15, 0.2) is 0 Å². The summed E-state index contributed by atoms with van der Waals surface area (Å²) in [6.07, 6.45) is 20.7. The van der Waals surface area contributed by atoms with Crippen molar-refractivity contribution in [2.75, 3.05) is 0 Å². The van der Waals surface area contributed by atoms with E-state index in [1.165, 1.54) is 77.0 Å². The molecule has 0 aromatic heterocycles. The summed E-state index contributed by atoms with van der Waals surface area (Å²) in [6, 6.07) is 0. The molecule has 3 unspecified atom stereocenters. The Morgan fingerprint density at radius 2 is 1.08 bits per heavy atom. The first-order valence-electron chi connectivity index (χ1n) is 11.7. The van der Waals surface area contributed by atoms with Gasteiger partial charge in [-0.2, -0.15) is 0 Å². The molecule has 0 spiro atoms. The number of unbranched alkanes of at least 4 members (excludes halogenated alkanes) is 9. The SMILES string of the molecule is [CH2]CCCCCC#CCCCCC(C)CCCCCCC(C)C(C)C[CH2]. The molecule has 0 aromatic rings. The molecule has 0 aromatic carbocycles. The molecule has 0 nitrogen and oxygen atoms in total. The van der Waals surface area contributed by atoms with Gasteiger partial charge in [0.05, 0.1) is 0 Å². The summed E-state index contributed by atoms with van der Waals surface area (Å²) in [5.74, 6) is 9.22. The van der Waals surface area contributed by atoms with E-state index < -0.39 is 0 Å². The van der Waals surface area contributed by atoms with Crippen LogP contribution < -0.4 is 0 Å². The second-order valence-corrected chi connectivity index (χ2v) is 8.60. The lowest BCUT2D eigenvalue weighted by Crippen LogP contribution is -2.06. The smallest absolute Gasteiger partial charge is 0.00886 e. The van der Waals surface area contributed by atoms with Crippen molar-refractivity contribution in [2.24, 2.45) is 17.8 Å². The first kappa shape index (κ1) is 25.6. The van der Waals surface area contributed by atoms with Crippen molar-refractivity contribution in [1.29, 1.82) is 0 Å². The van der Waals surface area contributed by atoms with Crippen LogP contribution in [0.2, 0.25) is 0 Å². The minimum atomic E-state index is 0.790. The molecule has 0 saturated heterocycles. The van der Waals surface area contributed by atoms with Crippen molar-refractivity contribution in [1.82, 2.24) is 0 Å². The van der Waals surface area contributed by atoms with Crippen molar-refractivity contribution in [3.8, 4) is 11.8 Å². The number of rotatable bonds is 17. The fourth-order valence-electron chi connectivity index (χ4n) is 3.48. The zero-order valence-electron chi connectivity index (χ0n) is 18.5. The Balaban J connectivity index is 3.37. The van der Waals surface area contributed by atoms with Crippen LogP contribution in [0.3, 0.4) is 0 Å². The Morgan fingerprint density at radius 3 is 1.65 bits per heavy atom. The van der Waals surface area contributed by atoms with E-state index in [1.54, 1.807) is 0 Å². The highest BCUT2D eigenvalue weighted by molar-refractivity contribution is 4.98. The lowest BCUT2D eigenvalue weighted by molar-refractivity contribution is 0.350. The van der Waals surface area contributed by atoms with Crippen molar-refractivity contribution >= 4 is 0 Å². The lowest BCUT2D eigenvalue weighted by atomic mass is 9.88. The highest BCUT2D eigenvalue weighted by Gasteiger charge is 2.09. The Labute approximate surface area is 167 Å². The van der Waals surface area contributed by atoms with Crippen molar-refractivity contribution in [2.45, 2.75) is 124 Å².